The van der Waals surface area contributed by atoms with Crippen molar-refractivity contribution >= 4 is 21.4 Å². The quantitative estimate of drug-likeness (QED) is 0.925. The summed E-state index contributed by atoms with van der Waals surface area (Å²) in [5.74, 6) is 0.159. The van der Waals surface area contributed by atoms with Crippen molar-refractivity contribution in [1.29, 1.82) is 0 Å². The standard InChI is InChI=1S/C19H21NO3S/c1-12-5-4-6-14(9-12)16-11-17(16)19(21)20-18-10-15(24(3,22)23)8-7-13(18)2/h4-10,16-17H,11H2,1-3H3,(H,20,21). The Morgan fingerprint density at radius 2 is 1.88 bits per heavy atom. The number of sulfone groups is 1. The van der Waals surface area contributed by atoms with Crippen LogP contribution in [0.5, 0.6) is 0 Å². The van der Waals surface area contributed by atoms with Gasteiger partial charge in [-0.15, -0.1) is 0 Å². The van der Waals surface area contributed by atoms with E-state index < -0.39 is 9.84 Å². The zero-order valence-electron chi connectivity index (χ0n) is 14.0. The van der Waals surface area contributed by atoms with Crippen molar-refractivity contribution in [3.05, 3.63) is 59.2 Å². The van der Waals surface area contributed by atoms with Crippen LogP contribution in [0.1, 0.15) is 29.0 Å². The molecule has 2 aromatic rings. The highest BCUT2D eigenvalue weighted by Gasteiger charge is 2.44. The Morgan fingerprint density at radius 3 is 2.54 bits per heavy atom. The van der Waals surface area contributed by atoms with Crippen LogP contribution in [-0.4, -0.2) is 20.6 Å². The van der Waals surface area contributed by atoms with E-state index in [1.165, 1.54) is 17.2 Å². The Hall–Kier alpha value is -2.14. The van der Waals surface area contributed by atoms with Gasteiger partial charge in [0.2, 0.25) is 5.91 Å². The van der Waals surface area contributed by atoms with E-state index in [4.69, 9.17) is 0 Å². The summed E-state index contributed by atoms with van der Waals surface area (Å²) in [7, 11) is -3.29. The molecule has 1 saturated carbocycles. The first-order valence-corrected chi connectivity index (χ1v) is 9.83. The number of rotatable bonds is 4. The molecule has 0 heterocycles. The van der Waals surface area contributed by atoms with Gasteiger partial charge in [0.25, 0.3) is 0 Å². The lowest BCUT2D eigenvalue weighted by Crippen LogP contribution is -2.16. The summed E-state index contributed by atoms with van der Waals surface area (Å²) in [6.07, 6.45) is 2.00. The fourth-order valence-corrected chi connectivity index (χ4v) is 3.59. The van der Waals surface area contributed by atoms with E-state index in [2.05, 4.69) is 17.4 Å². The number of anilines is 1. The molecule has 1 aliphatic rings. The largest absolute Gasteiger partial charge is 0.326 e. The minimum absolute atomic E-state index is 0.0461. The van der Waals surface area contributed by atoms with Crippen molar-refractivity contribution in [3.63, 3.8) is 0 Å². The molecule has 0 aromatic heterocycles. The molecule has 1 aliphatic carbocycles. The second-order valence-corrected chi connectivity index (χ2v) is 8.62. The fourth-order valence-electron chi connectivity index (χ4n) is 2.95. The molecule has 0 bridgehead atoms. The monoisotopic (exact) mass is 343 g/mol. The third kappa shape index (κ3) is 3.51. The lowest BCUT2D eigenvalue weighted by molar-refractivity contribution is -0.117. The molecule has 1 amide bonds. The van der Waals surface area contributed by atoms with Gasteiger partial charge < -0.3 is 5.32 Å². The van der Waals surface area contributed by atoms with Crippen LogP contribution in [0.25, 0.3) is 0 Å². The maximum atomic E-state index is 12.5. The van der Waals surface area contributed by atoms with E-state index in [-0.39, 0.29) is 22.6 Å². The van der Waals surface area contributed by atoms with Gasteiger partial charge in [-0.2, -0.15) is 0 Å². The normalized spacial score (nSPS) is 19.8. The smallest absolute Gasteiger partial charge is 0.228 e. The number of nitrogens with one attached hydrogen (secondary N) is 1. The predicted molar refractivity (Wildman–Crippen MR) is 94.9 cm³/mol. The summed E-state index contributed by atoms with van der Waals surface area (Å²) in [5.41, 5.74) is 3.80. The van der Waals surface area contributed by atoms with Crippen LogP contribution >= 0.6 is 0 Å². The van der Waals surface area contributed by atoms with Crippen LogP contribution in [0.2, 0.25) is 0 Å². The number of carbonyl (C=O) groups is 1. The Balaban J connectivity index is 1.75. The molecule has 24 heavy (non-hydrogen) atoms. The fraction of sp³-hybridized carbons (Fsp3) is 0.316. The van der Waals surface area contributed by atoms with E-state index in [0.29, 0.717) is 5.69 Å². The van der Waals surface area contributed by atoms with Crippen molar-refractivity contribution in [3.8, 4) is 0 Å². The van der Waals surface area contributed by atoms with E-state index in [0.717, 1.165) is 18.2 Å². The molecule has 2 unspecified atom stereocenters. The van der Waals surface area contributed by atoms with Gasteiger partial charge in [-0.25, -0.2) is 8.42 Å². The van der Waals surface area contributed by atoms with Crippen molar-refractivity contribution in [1.82, 2.24) is 0 Å². The molecular weight excluding hydrogens is 322 g/mol. The summed E-state index contributed by atoms with van der Waals surface area (Å²) in [6.45, 7) is 3.90. The SMILES string of the molecule is Cc1cccc(C2CC2C(=O)Nc2cc(S(C)(=O)=O)ccc2C)c1. The molecule has 0 saturated heterocycles. The minimum atomic E-state index is -3.29. The lowest BCUT2D eigenvalue weighted by Gasteiger charge is -2.10. The summed E-state index contributed by atoms with van der Waals surface area (Å²) in [5, 5.41) is 2.90. The zero-order valence-corrected chi connectivity index (χ0v) is 14.9. The summed E-state index contributed by atoms with van der Waals surface area (Å²) in [6, 6.07) is 13.0. The van der Waals surface area contributed by atoms with Crippen LogP contribution in [0, 0.1) is 19.8 Å². The van der Waals surface area contributed by atoms with Gasteiger partial charge in [0, 0.05) is 17.9 Å². The van der Waals surface area contributed by atoms with Crippen LogP contribution in [0.15, 0.2) is 47.4 Å². The Morgan fingerprint density at radius 1 is 1.12 bits per heavy atom. The highest BCUT2D eigenvalue weighted by molar-refractivity contribution is 7.90. The molecule has 3 rings (SSSR count). The number of carbonyl (C=O) groups excluding carboxylic acids is 1. The average Bonchev–Trinajstić information content (AvgIpc) is 3.29. The van der Waals surface area contributed by atoms with Crippen LogP contribution in [0.3, 0.4) is 0 Å². The van der Waals surface area contributed by atoms with E-state index in [9.17, 15) is 13.2 Å². The summed E-state index contributed by atoms with van der Waals surface area (Å²) < 4.78 is 23.4. The van der Waals surface area contributed by atoms with Crippen LogP contribution < -0.4 is 5.32 Å². The molecule has 2 aromatic carbocycles. The van der Waals surface area contributed by atoms with Crippen molar-refractivity contribution in [2.45, 2.75) is 31.1 Å². The molecule has 1 N–H and O–H groups in total. The van der Waals surface area contributed by atoms with Gasteiger partial charge in [0.05, 0.1) is 4.90 Å². The van der Waals surface area contributed by atoms with Crippen LogP contribution in [-0.2, 0) is 14.6 Å². The molecule has 126 valence electrons. The second-order valence-electron chi connectivity index (χ2n) is 6.60. The second kappa shape index (κ2) is 6.06. The molecule has 0 spiro atoms. The van der Waals surface area contributed by atoms with Gasteiger partial charge >= 0.3 is 0 Å². The Labute approximate surface area is 142 Å². The molecule has 2 atom stereocenters. The Kier molecular flexibility index (Phi) is 4.22. The first-order valence-electron chi connectivity index (χ1n) is 7.94. The minimum Gasteiger partial charge on any atom is -0.326 e. The topological polar surface area (TPSA) is 63.2 Å². The van der Waals surface area contributed by atoms with Gasteiger partial charge in [0.15, 0.2) is 9.84 Å². The lowest BCUT2D eigenvalue weighted by atomic mass is 10.1. The summed E-state index contributed by atoms with van der Waals surface area (Å²) in [4.78, 5) is 12.7. The van der Waals surface area contributed by atoms with E-state index in [1.807, 2.05) is 26.0 Å². The molecule has 1 fully saturated rings. The summed E-state index contributed by atoms with van der Waals surface area (Å²) >= 11 is 0. The third-order valence-corrected chi connectivity index (χ3v) is 5.60. The van der Waals surface area contributed by atoms with Gasteiger partial charge in [-0.1, -0.05) is 35.9 Å². The first kappa shape index (κ1) is 16.7. The molecule has 0 radical (unpaired) electrons. The van der Waals surface area contributed by atoms with Crippen molar-refractivity contribution in [2.75, 3.05) is 11.6 Å². The van der Waals surface area contributed by atoms with Crippen molar-refractivity contribution < 1.29 is 13.2 Å². The zero-order chi connectivity index (χ0) is 17.5. The number of hydrogen-bond donors (Lipinski definition) is 1. The van der Waals surface area contributed by atoms with Crippen molar-refractivity contribution in [2.24, 2.45) is 5.92 Å². The van der Waals surface area contributed by atoms with Gasteiger partial charge in [-0.05, 0) is 49.4 Å². The molecular formula is C19H21NO3S. The molecule has 5 heteroatoms. The number of amides is 1. The highest BCUT2D eigenvalue weighted by Crippen LogP contribution is 2.48. The van der Waals surface area contributed by atoms with Gasteiger partial charge in [-0.3, -0.25) is 4.79 Å². The van der Waals surface area contributed by atoms with E-state index >= 15 is 0 Å². The van der Waals surface area contributed by atoms with E-state index in [1.54, 1.807) is 12.1 Å². The number of aryl methyl sites for hydroxylation is 2. The molecule has 0 aliphatic heterocycles. The predicted octanol–water partition coefficient (Wildman–Crippen LogP) is 3.45. The molecule has 4 nitrogen and oxygen atoms in total. The van der Waals surface area contributed by atoms with Crippen LogP contribution in [0.4, 0.5) is 5.69 Å². The third-order valence-electron chi connectivity index (χ3n) is 4.49. The first-order chi connectivity index (χ1) is 11.3. The highest BCUT2D eigenvalue weighted by atomic mass is 32.2. The maximum Gasteiger partial charge on any atom is 0.228 e. The average molecular weight is 343 g/mol. The number of benzene rings is 2. The number of hydrogen-bond acceptors (Lipinski definition) is 3. The van der Waals surface area contributed by atoms with Gasteiger partial charge in [0.1, 0.15) is 0 Å². The Bertz CT molecular complexity index is 903. The maximum absolute atomic E-state index is 12.5.